The maximum Gasteiger partial charge on any atom is 0.234 e. The molecule has 0 aliphatic carbocycles. The summed E-state index contributed by atoms with van der Waals surface area (Å²) < 4.78 is 1.63. The maximum absolute atomic E-state index is 5.64. The minimum absolute atomic E-state index is 1.08. The Balaban J connectivity index is 2.86. The monoisotopic (exact) mass is 141 g/mol. The first-order chi connectivity index (χ1) is 5.27. The number of hydrogen-bond acceptors (Lipinski definition) is 0. The highest BCUT2D eigenvalue weighted by Crippen LogP contribution is 2.15. The highest BCUT2D eigenvalue weighted by Gasteiger charge is 1.95. The van der Waals surface area contributed by atoms with Gasteiger partial charge >= 0.3 is 0 Å². The molecule has 0 saturated carbocycles. The summed E-state index contributed by atoms with van der Waals surface area (Å²) in [5.74, 6) is 0. The van der Waals surface area contributed by atoms with Crippen molar-refractivity contribution < 1.29 is 0 Å². The normalized spacial score (nSPS) is 10.6. The fraction of sp³-hybridized carbons (Fsp3) is 0.111. The van der Waals surface area contributed by atoms with Crippen LogP contribution in [0, 0.1) is 6.92 Å². The molecule has 0 N–H and O–H groups in total. The van der Waals surface area contributed by atoms with Crippen LogP contribution >= 0.6 is 0 Å². The van der Waals surface area contributed by atoms with Gasteiger partial charge in [0.2, 0.25) is 7.98 Å². The van der Waals surface area contributed by atoms with Gasteiger partial charge in [0.1, 0.15) is 0 Å². The second-order valence-corrected chi connectivity index (χ2v) is 2.79. The Morgan fingerprint density at radius 3 is 2.91 bits per heavy atom. The van der Waals surface area contributed by atoms with Crippen molar-refractivity contribution in [2.75, 3.05) is 0 Å². The Hall–Kier alpha value is -1.18. The van der Waals surface area contributed by atoms with Gasteiger partial charge in [-0.05, 0) is 36.7 Å². The minimum Gasteiger partial charge on any atom is -0.403 e. The predicted molar refractivity (Wildman–Crippen MR) is 47.8 cm³/mol. The van der Waals surface area contributed by atoms with Gasteiger partial charge in [-0.1, -0.05) is 11.6 Å². The van der Waals surface area contributed by atoms with Gasteiger partial charge in [0.15, 0.2) is 0 Å². The second kappa shape index (κ2) is 2.16. The van der Waals surface area contributed by atoms with Gasteiger partial charge in [-0.3, -0.25) is 0 Å². The quantitative estimate of drug-likeness (QED) is 0.493. The predicted octanol–water partition coefficient (Wildman–Crippen LogP) is 1.88. The number of hydrogen-bond donors (Lipinski definition) is 0. The van der Waals surface area contributed by atoms with Gasteiger partial charge in [0.05, 0.1) is 0 Å². The largest absolute Gasteiger partial charge is 0.403 e. The number of rotatable bonds is 0. The van der Waals surface area contributed by atoms with E-state index in [4.69, 9.17) is 7.98 Å². The third kappa shape index (κ3) is 0.948. The molecular weight excluding hydrogens is 133 g/mol. The molecule has 1 aromatic carbocycles. The van der Waals surface area contributed by atoms with Gasteiger partial charge in [0, 0.05) is 5.52 Å². The fourth-order valence-electron chi connectivity index (χ4n) is 1.28. The second-order valence-electron chi connectivity index (χ2n) is 2.79. The Morgan fingerprint density at radius 2 is 2.09 bits per heavy atom. The summed E-state index contributed by atoms with van der Waals surface area (Å²) in [6, 6.07) is 8.23. The van der Waals surface area contributed by atoms with E-state index in [1.165, 1.54) is 10.9 Å². The van der Waals surface area contributed by atoms with Crippen LogP contribution in [0.5, 0.6) is 0 Å². The number of aromatic nitrogens is 1. The molecule has 0 atom stereocenters. The lowest BCUT2D eigenvalue weighted by molar-refractivity contribution is 1.32. The van der Waals surface area contributed by atoms with Crippen molar-refractivity contribution in [3.8, 4) is 0 Å². The molecule has 0 aliphatic heterocycles. The van der Waals surface area contributed by atoms with E-state index in [1.54, 1.807) is 4.48 Å². The zero-order valence-corrected chi connectivity index (χ0v) is 6.41. The molecule has 2 heteroatoms. The van der Waals surface area contributed by atoms with Gasteiger partial charge in [-0.2, -0.15) is 0 Å². The standard InChI is InChI=1S/C9H8BN/c1-7-2-3-9-8(6-7)4-5-11(9)10/h2-6H,1H3. The lowest BCUT2D eigenvalue weighted by Gasteiger charge is -1.96. The van der Waals surface area contributed by atoms with Crippen LogP contribution in [0.15, 0.2) is 30.5 Å². The van der Waals surface area contributed by atoms with Crippen molar-refractivity contribution in [1.82, 2.24) is 4.48 Å². The first kappa shape index (κ1) is 6.53. The average molecular weight is 141 g/mol. The summed E-state index contributed by atoms with van der Waals surface area (Å²) >= 11 is 0. The van der Waals surface area contributed by atoms with Crippen LogP contribution in [0.3, 0.4) is 0 Å². The van der Waals surface area contributed by atoms with E-state index in [0.29, 0.717) is 0 Å². The maximum atomic E-state index is 5.64. The van der Waals surface area contributed by atoms with Gasteiger partial charge in [-0.25, -0.2) is 0 Å². The number of fused-ring (bicyclic) bond motifs is 1. The molecule has 11 heavy (non-hydrogen) atoms. The van der Waals surface area contributed by atoms with Crippen molar-refractivity contribution in [2.24, 2.45) is 0 Å². The fourth-order valence-corrected chi connectivity index (χ4v) is 1.28. The number of benzene rings is 1. The third-order valence-electron chi connectivity index (χ3n) is 1.88. The molecule has 0 unspecified atom stereocenters. The molecule has 1 aromatic heterocycles. The van der Waals surface area contributed by atoms with Crippen LogP contribution in [0.25, 0.3) is 10.9 Å². The SMILES string of the molecule is [B]n1ccc2cc(C)ccc21. The van der Waals surface area contributed by atoms with Crippen LogP contribution in [0.2, 0.25) is 0 Å². The van der Waals surface area contributed by atoms with Gasteiger partial charge in [-0.15, -0.1) is 0 Å². The van der Waals surface area contributed by atoms with E-state index in [2.05, 4.69) is 19.1 Å². The molecular formula is C9H8BN. The molecule has 52 valence electrons. The van der Waals surface area contributed by atoms with Gasteiger partial charge < -0.3 is 4.48 Å². The lowest BCUT2D eigenvalue weighted by atomic mass is 10.2. The van der Waals surface area contributed by atoms with Crippen molar-refractivity contribution >= 4 is 18.9 Å². The third-order valence-corrected chi connectivity index (χ3v) is 1.88. The van der Waals surface area contributed by atoms with E-state index in [1.807, 2.05) is 18.3 Å². The molecule has 0 saturated heterocycles. The van der Waals surface area contributed by atoms with Crippen molar-refractivity contribution in [3.05, 3.63) is 36.0 Å². The molecule has 2 rings (SSSR count). The van der Waals surface area contributed by atoms with E-state index in [0.717, 1.165) is 5.52 Å². The topological polar surface area (TPSA) is 4.93 Å². The summed E-state index contributed by atoms with van der Waals surface area (Å²) in [4.78, 5) is 0. The van der Waals surface area contributed by atoms with Crippen LogP contribution in [-0.2, 0) is 0 Å². The Kier molecular flexibility index (Phi) is 1.28. The number of nitrogens with zero attached hydrogens (tertiary/aromatic N) is 1. The highest BCUT2D eigenvalue weighted by molar-refractivity contribution is 6.11. The first-order valence-corrected chi connectivity index (χ1v) is 3.60. The molecule has 0 aliphatic rings. The first-order valence-electron chi connectivity index (χ1n) is 3.60. The zero-order valence-electron chi connectivity index (χ0n) is 6.41. The summed E-state index contributed by atoms with van der Waals surface area (Å²) in [7, 11) is 5.64. The van der Waals surface area contributed by atoms with Gasteiger partial charge in [0.25, 0.3) is 0 Å². The molecule has 1 nitrogen and oxygen atoms in total. The van der Waals surface area contributed by atoms with Crippen molar-refractivity contribution in [3.63, 3.8) is 0 Å². The van der Waals surface area contributed by atoms with E-state index in [-0.39, 0.29) is 0 Å². The molecule has 0 bridgehead atoms. The summed E-state index contributed by atoms with van der Waals surface area (Å²) in [6.07, 6.45) is 1.87. The lowest BCUT2D eigenvalue weighted by Crippen LogP contribution is -1.86. The molecule has 2 aromatic rings. The van der Waals surface area contributed by atoms with Crippen LogP contribution < -0.4 is 0 Å². The minimum atomic E-state index is 1.08. The zero-order chi connectivity index (χ0) is 7.84. The summed E-state index contributed by atoms with van der Waals surface area (Å²) in [5.41, 5.74) is 2.35. The molecule has 0 fully saturated rings. The van der Waals surface area contributed by atoms with Crippen molar-refractivity contribution in [2.45, 2.75) is 6.92 Å². The van der Waals surface area contributed by atoms with Crippen LogP contribution in [-0.4, -0.2) is 12.5 Å². The Labute approximate surface area is 67.1 Å². The summed E-state index contributed by atoms with van der Waals surface area (Å²) in [5, 5.41) is 1.20. The van der Waals surface area contributed by atoms with Crippen LogP contribution in [0.1, 0.15) is 5.56 Å². The summed E-state index contributed by atoms with van der Waals surface area (Å²) in [6.45, 7) is 2.08. The highest BCUT2D eigenvalue weighted by atomic mass is 14.8. The van der Waals surface area contributed by atoms with E-state index < -0.39 is 0 Å². The number of aryl methyl sites for hydroxylation is 1. The molecule has 0 spiro atoms. The Morgan fingerprint density at radius 1 is 1.27 bits per heavy atom. The molecule has 2 radical (unpaired) electrons. The smallest absolute Gasteiger partial charge is 0.234 e. The van der Waals surface area contributed by atoms with Crippen LogP contribution in [0.4, 0.5) is 0 Å². The average Bonchev–Trinajstić information content (AvgIpc) is 2.32. The van der Waals surface area contributed by atoms with E-state index >= 15 is 0 Å². The Bertz CT molecular complexity index is 389. The molecule has 1 heterocycles. The van der Waals surface area contributed by atoms with E-state index in [9.17, 15) is 0 Å². The van der Waals surface area contributed by atoms with Crippen molar-refractivity contribution in [1.29, 1.82) is 0 Å². The molecule has 0 amide bonds.